The standard InChI is InChI=1S/C12H15N5/c1-9-4-3-5-10(16-9)7-17(2)12-11(13)6-14-8-15-12/h3-6,8H,7,13H2,1-2H3. The van der Waals surface area contributed by atoms with Gasteiger partial charge in [-0.3, -0.25) is 4.98 Å². The van der Waals surface area contributed by atoms with E-state index in [-0.39, 0.29) is 0 Å². The maximum absolute atomic E-state index is 5.82. The zero-order valence-corrected chi connectivity index (χ0v) is 9.96. The molecule has 0 aromatic carbocycles. The molecule has 2 aromatic heterocycles. The first-order chi connectivity index (χ1) is 8.16. The minimum absolute atomic E-state index is 0.572. The molecule has 17 heavy (non-hydrogen) atoms. The summed E-state index contributed by atoms with van der Waals surface area (Å²) in [5.41, 5.74) is 8.39. The van der Waals surface area contributed by atoms with Gasteiger partial charge >= 0.3 is 0 Å². The van der Waals surface area contributed by atoms with Gasteiger partial charge < -0.3 is 10.6 Å². The monoisotopic (exact) mass is 229 g/mol. The minimum atomic E-state index is 0.572. The summed E-state index contributed by atoms with van der Waals surface area (Å²) in [5.74, 6) is 0.725. The Morgan fingerprint density at radius 2 is 2.18 bits per heavy atom. The highest BCUT2D eigenvalue weighted by Crippen LogP contribution is 2.17. The quantitative estimate of drug-likeness (QED) is 0.861. The van der Waals surface area contributed by atoms with E-state index < -0.39 is 0 Å². The van der Waals surface area contributed by atoms with Gasteiger partial charge in [0.05, 0.1) is 24.1 Å². The summed E-state index contributed by atoms with van der Waals surface area (Å²) in [6.07, 6.45) is 3.09. The molecule has 0 radical (unpaired) electrons. The lowest BCUT2D eigenvalue weighted by Gasteiger charge is -2.18. The normalized spacial score (nSPS) is 10.2. The second kappa shape index (κ2) is 4.78. The van der Waals surface area contributed by atoms with Crippen molar-refractivity contribution in [1.82, 2.24) is 15.0 Å². The zero-order valence-electron chi connectivity index (χ0n) is 9.96. The SMILES string of the molecule is Cc1cccc(CN(C)c2ncncc2N)n1. The van der Waals surface area contributed by atoms with Crippen LogP contribution in [-0.2, 0) is 6.54 Å². The van der Waals surface area contributed by atoms with Crippen LogP contribution in [0, 0.1) is 6.92 Å². The molecular formula is C12H15N5. The van der Waals surface area contributed by atoms with Crippen LogP contribution in [0.2, 0.25) is 0 Å². The van der Waals surface area contributed by atoms with Gasteiger partial charge in [0.15, 0.2) is 5.82 Å². The van der Waals surface area contributed by atoms with Gasteiger partial charge in [-0.15, -0.1) is 0 Å². The molecule has 2 rings (SSSR count). The summed E-state index contributed by atoms with van der Waals surface area (Å²) in [5, 5.41) is 0. The number of nitrogens with zero attached hydrogens (tertiary/aromatic N) is 4. The smallest absolute Gasteiger partial charge is 0.155 e. The lowest BCUT2D eigenvalue weighted by molar-refractivity contribution is 0.857. The van der Waals surface area contributed by atoms with Gasteiger partial charge in [-0.1, -0.05) is 6.07 Å². The first-order valence-corrected chi connectivity index (χ1v) is 5.36. The summed E-state index contributed by atoms with van der Waals surface area (Å²) in [6.45, 7) is 2.64. The highest BCUT2D eigenvalue weighted by molar-refractivity contribution is 5.60. The van der Waals surface area contributed by atoms with Crippen molar-refractivity contribution in [2.45, 2.75) is 13.5 Å². The molecule has 5 nitrogen and oxygen atoms in total. The number of nitrogens with two attached hydrogens (primary N) is 1. The van der Waals surface area contributed by atoms with E-state index in [2.05, 4.69) is 15.0 Å². The molecule has 0 aliphatic heterocycles. The molecule has 2 heterocycles. The molecule has 0 bridgehead atoms. The minimum Gasteiger partial charge on any atom is -0.394 e. The molecule has 0 amide bonds. The number of pyridine rings is 1. The van der Waals surface area contributed by atoms with Crippen molar-refractivity contribution < 1.29 is 0 Å². The Kier molecular flexibility index (Phi) is 3.18. The number of rotatable bonds is 3. The van der Waals surface area contributed by atoms with E-state index >= 15 is 0 Å². The number of anilines is 2. The average Bonchev–Trinajstić information content (AvgIpc) is 2.29. The maximum Gasteiger partial charge on any atom is 0.155 e. The van der Waals surface area contributed by atoms with Gasteiger partial charge in [-0.2, -0.15) is 0 Å². The molecule has 0 aliphatic carbocycles. The molecule has 0 spiro atoms. The van der Waals surface area contributed by atoms with E-state index in [0.717, 1.165) is 17.2 Å². The maximum atomic E-state index is 5.82. The zero-order chi connectivity index (χ0) is 12.3. The summed E-state index contributed by atoms with van der Waals surface area (Å²) in [4.78, 5) is 14.4. The van der Waals surface area contributed by atoms with Crippen LogP contribution in [-0.4, -0.2) is 22.0 Å². The third-order valence-corrected chi connectivity index (χ3v) is 2.43. The Bertz CT molecular complexity index is 512. The van der Waals surface area contributed by atoms with Gasteiger partial charge in [0.1, 0.15) is 6.33 Å². The Hall–Kier alpha value is -2.17. The van der Waals surface area contributed by atoms with Crippen molar-refractivity contribution in [3.05, 3.63) is 42.1 Å². The summed E-state index contributed by atoms with van der Waals surface area (Å²) in [6, 6.07) is 5.96. The number of nitrogen functional groups attached to an aromatic ring is 1. The van der Waals surface area contributed by atoms with Gasteiger partial charge in [-0.25, -0.2) is 9.97 Å². The molecule has 0 atom stereocenters. The largest absolute Gasteiger partial charge is 0.394 e. The molecule has 2 aromatic rings. The van der Waals surface area contributed by atoms with Gasteiger partial charge in [0, 0.05) is 12.7 Å². The van der Waals surface area contributed by atoms with E-state index in [1.807, 2.05) is 37.1 Å². The third-order valence-electron chi connectivity index (χ3n) is 2.43. The summed E-state index contributed by atoms with van der Waals surface area (Å²) >= 11 is 0. The van der Waals surface area contributed by atoms with Crippen LogP contribution in [0.25, 0.3) is 0 Å². The van der Waals surface area contributed by atoms with Crippen molar-refractivity contribution >= 4 is 11.5 Å². The second-order valence-electron chi connectivity index (χ2n) is 3.93. The topological polar surface area (TPSA) is 67.9 Å². The van der Waals surface area contributed by atoms with Crippen LogP contribution >= 0.6 is 0 Å². The van der Waals surface area contributed by atoms with Gasteiger partial charge in [0.2, 0.25) is 0 Å². The molecule has 88 valence electrons. The Morgan fingerprint density at radius 1 is 1.35 bits per heavy atom. The Labute approximate surface area is 100 Å². The van der Waals surface area contributed by atoms with Crippen molar-refractivity contribution in [1.29, 1.82) is 0 Å². The third kappa shape index (κ3) is 2.69. The van der Waals surface area contributed by atoms with Crippen molar-refractivity contribution in [2.75, 3.05) is 17.7 Å². The van der Waals surface area contributed by atoms with Gasteiger partial charge in [0.25, 0.3) is 0 Å². The first kappa shape index (κ1) is 11.3. The number of aryl methyl sites for hydroxylation is 1. The highest BCUT2D eigenvalue weighted by atomic mass is 15.2. The van der Waals surface area contributed by atoms with Crippen molar-refractivity contribution in [3.63, 3.8) is 0 Å². The van der Waals surface area contributed by atoms with Crippen LogP contribution in [0.5, 0.6) is 0 Å². The fourth-order valence-corrected chi connectivity index (χ4v) is 1.66. The van der Waals surface area contributed by atoms with Crippen LogP contribution in [0.4, 0.5) is 11.5 Å². The molecule has 0 saturated carbocycles. The van der Waals surface area contributed by atoms with E-state index in [1.165, 1.54) is 6.33 Å². The molecule has 5 heteroatoms. The molecule has 0 aliphatic rings. The van der Waals surface area contributed by atoms with E-state index in [9.17, 15) is 0 Å². The molecule has 0 unspecified atom stereocenters. The molecular weight excluding hydrogens is 214 g/mol. The highest BCUT2D eigenvalue weighted by Gasteiger charge is 2.07. The van der Waals surface area contributed by atoms with Crippen LogP contribution in [0.15, 0.2) is 30.7 Å². The average molecular weight is 229 g/mol. The second-order valence-corrected chi connectivity index (χ2v) is 3.93. The van der Waals surface area contributed by atoms with Crippen molar-refractivity contribution in [3.8, 4) is 0 Å². The number of hydrogen-bond donors (Lipinski definition) is 1. The van der Waals surface area contributed by atoms with Crippen LogP contribution in [0.1, 0.15) is 11.4 Å². The summed E-state index contributed by atoms with van der Waals surface area (Å²) in [7, 11) is 1.93. The molecule has 0 fully saturated rings. The lowest BCUT2D eigenvalue weighted by Crippen LogP contribution is -2.20. The number of aromatic nitrogens is 3. The fraction of sp³-hybridized carbons (Fsp3) is 0.250. The fourth-order valence-electron chi connectivity index (χ4n) is 1.66. The molecule has 2 N–H and O–H groups in total. The van der Waals surface area contributed by atoms with Crippen molar-refractivity contribution in [2.24, 2.45) is 0 Å². The lowest BCUT2D eigenvalue weighted by atomic mass is 10.3. The number of hydrogen-bond acceptors (Lipinski definition) is 5. The van der Waals surface area contributed by atoms with E-state index in [0.29, 0.717) is 12.2 Å². The Morgan fingerprint density at radius 3 is 2.88 bits per heavy atom. The Balaban J connectivity index is 2.17. The predicted octanol–water partition coefficient (Wildman–Crippen LogP) is 1.40. The van der Waals surface area contributed by atoms with Crippen LogP contribution < -0.4 is 10.6 Å². The predicted molar refractivity (Wildman–Crippen MR) is 67.5 cm³/mol. The van der Waals surface area contributed by atoms with E-state index in [1.54, 1.807) is 6.20 Å². The van der Waals surface area contributed by atoms with Crippen LogP contribution in [0.3, 0.4) is 0 Å². The van der Waals surface area contributed by atoms with Gasteiger partial charge in [-0.05, 0) is 19.1 Å². The molecule has 0 saturated heterocycles. The summed E-state index contributed by atoms with van der Waals surface area (Å²) < 4.78 is 0. The first-order valence-electron chi connectivity index (χ1n) is 5.36. The van der Waals surface area contributed by atoms with E-state index in [4.69, 9.17) is 5.73 Å².